The first-order valence-electron chi connectivity index (χ1n) is 6.33. The molecule has 0 spiro atoms. The number of hydrogen-bond acceptors (Lipinski definition) is 4. The Morgan fingerprint density at radius 2 is 1.64 bits per heavy atom. The molecule has 0 aromatic heterocycles. The van der Waals surface area contributed by atoms with Crippen LogP contribution in [0.1, 0.15) is 11.1 Å². The van der Waals surface area contributed by atoms with Crippen LogP contribution in [0, 0.1) is 6.92 Å². The SMILES string of the molecule is Cc1ccc(S(=O)(=O)NC2=NS(=O)(=O)c3ccccc32)cc1. The molecule has 0 aliphatic carbocycles. The van der Waals surface area contributed by atoms with Crippen molar-refractivity contribution in [1.29, 1.82) is 0 Å². The molecule has 1 N–H and O–H groups in total. The van der Waals surface area contributed by atoms with Gasteiger partial charge in [0.2, 0.25) is 0 Å². The highest BCUT2D eigenvalue weighted by molar-refractivity contribution is 7.91. The van der Waals surface area contributed by atoms with Crippen LogP contribution in [0.2, 0.25) is 0 Å². The first kappa shape index (κ1) is 14.7. The van der Waals surface area contributed by atoms with E-state index < -0.39 is 20.0 Å². The molecule has 3 rings (SSSR count). The highest BCUT2D eigenvalue weighted by Gasteiger charge is 2.31. The van der Waals surface area contributed by atoms with Gasteiger partial charge in [-0.3, -0.25) is 4.72 Å². The minimum atomic E-state index is -3.90. The van der Waals surface area contributed by atoms with E-state index in [0.29, 0.717) is 0 Å². The van der Waals surface area contributed by atoms with E-state index in [0.717, 1.165) is 5.56 Å². The van der Waals surface area contributed by atoms with Crippen LogP contribution in [0.3, 0.4) is 0 Å². The van der Waals surface area contributed by atoms with Gasteiger partial charge in [-0.2, -0.15) is 8.42 Å². The second-order valence-corrected chi connectivity index (χ2v) is 8.08. The van der Waals surface area contributed by atoms with Gasteiger partial charge >= 0.3 is 0 Å². The van der Waals surface area contributed by atoms with Crippen LogP contribution in [-0.2, 0) is 20.0 Å². The summed E-state index contributed by atoms with van der Waals surface area (Å²) in [7, 11) is -7.75. The average Bonchev–Trinajstić information content (AvgIpc) is 2.71. The molecule has 8 heteroatoms. The monoisotopic (exact) mass is 336 g/mol. The molecular formula is C14H12N2O4S2. The Balaban J connectivity index is 2.02. The van der Waals surface area contributed by atoms with E-state index in [-0.39, 0.29) is 21.2 Å². The van der Waals surface area contributed by atoms with Crippen molar-refractivity contribution in [2.24, 2.45) is 4.40 Å². The lowest BCUT2D eigenvalue weighted by Gasteiger charge is -2.08. The minimum Gasteiger partial charge on any atom is -0.262 e. The topological polar surface area (TPSA) is 92.7 Å². The summed E-state index contributed by atoms with van der Waals surface area (Å²) >= 11 is 0. The molecule has 0 saturated carbocycles. The average molecular weight is 336 g/mol. The van der Waals surface area contributed by atoms with Crippen LogP contribution >= 0.6 is 0 Å². The molecule has 2 aromatic rings. The highest BCUT2D eigenvalue weighted by Crippen LogP contribution is 2.25. The lowest BCUT2D eigenvalue weighted by Crippen LogP contribution is -2.30. The fraction of sp³-hybridized carbons (Fsp3) is 0.0714. The maximum atomic E-state index is 12.3. The summed E-state index contributed by atoms with van der Waals surface area (Å²) in [6.45, 7) is 1.84. The Labute approximate surface area is 128 Å². The quantitative estimate of drug-likeness (QED) is 0.897. The molecule has 0 radical (unpaired) electrons. The molecule has 0 fully saturated rings. The van der Waals surface area contributed by atoms with E-state index >= 15 is 0 Å². The number of aryl methyl sites for hydroxylation is 1. The zero-order valence-corrected chi connectivity index (χ0v) is 13.1. The van der Waals surface area contributed by atoms with Crippen LogP contribution in [-0.4, -0.2) is 22.7 Å². The number of sulfonamides is 2. The van der Waals surface area contributed by atoms with E-state index in [1.165, 1.54) is 24.3 Å². The van der Waals surface area contributed by atoms with Crippen molar-refractivity contribution in [2.45, 2.75) is 16.7 Å². The Kier molecular flexibility index (Phi) is 3.30. The van der Waals surface area contributed by atoms with Gasteiger partial charge in [0.1, 0.15) is 4.90 Å². The van der Waals surface area contributed by atoms with Gasteiger partial charge in [-0.25, -0.2) is 8.42 Å². The fourth-order valence-corrected chi connectivity index (χ4v) is 4.34. The Morgan fingerprint density at radius 3 is 2.32 bits per heavy atom. The van der Waals surface area contributed by atoms with Crippen molar-refractivity contribution in [3.63, 3.8) is 0 Å². The summed E-state index contributed by atoms with van der Waals surface area (Å²) < 4.78 is 54.2. The smallest absolute Gasteiger partial charge is 0.262 e. The van der Waals surface area contributed by atoms with Crippen molar-refractivity contribution in [3.05, 3.63) is 59.7 Å². The largest absolute Gasteiger partial charge is 0.285 e. The maximum absolute atomic E-state index is 12.3. The molecular weight excluding hydrogens is 324 g/mol. The van der Waals surface area contributed by atoms with Gasteiger partial charge in [0.15, 0.2) is 5.84 Å². The van der Waals surface area contributed by atoms with Crippen LogP contribution in [0.5, 0.6) is 0 Å². The zero-order chi connectivity index (χ0) is 16.0. The van der Waals surface area contributed by atoms with Gasteiger partial charge in [-0.15, -0.1) is 4.40 Å². The summed E-state index contributed by atoms with van der Waals surface area (Å²) in [5.74, 6) is -0.184. The van der Waals surface area contributed by atoms with Gasteiger partial charge in [0.25, 0.3) is 20.0 Å². The number of fused-ring (bicyclic) bond motifs is 1. The summed E-state index contributed by atoms with van der Waals surface area (Å²) in [4.78, 5) is 0.0409. The van der Waals surface area contributed by atoms with Gasteiger partial charge in [-0.05, 0) is 31.2 Å². The molecule has 2 aromatic carbocycles. The predicted molar refractivity (Wildman–Crippen MR) is 81.7 cm³/mol. The number of rotatable bonds is 2. The zero-order valence-electron chi connectivity index (χ0n) is 11.5. The number of nitrogens with one attached hydrogen (secondary N) is 1. The molecule has 1 aliphatic heterocycles. The Morgan fingerprint density at radius 1 is 1.00 bits per heavy atom. The minimum absolute atomic E-state index is 0.00314. The molecule has 0 bridgehead atoms. The molecule has 6 nitrogen and oxygen atoms in total. The van der Waals surface area contributed by atoms with E-state index in [1.807, 2.05) is 6.92 Å². The van der Waals surface area contributed by atoms with E-state index in [9.17, 15) is 16.8 Å². The lowest BCUT2D eigenvalue weighted by atomic mass is 10.2. The van der Waals surface area contributed by atoms with Crippen LogP contribution in [0.15, 0.2) is 62.7 Å². The van der Waals surface area contributed by atoms with Crippen molar-refractivity contribution in [1.82, 2.24) is 4.72 Å². The number of benzene rings is 2. The number of amidine groups is 1. The molecule has 0 unspecified atom stereocenters. The predicted octanol–water partition coefficient (Wildman–Crippen LogP) is 1.42. The second-order valence-electron chi connectivity index (χ2n) is 4.83. The summed E-state index contributed by atoms with van der Waals surface area (Å²) in [6.07, 6.45) is 0. The maximum Gasteiger partial charge on any atom is 0.285 e. The molecule has 22 heavy (non-hydrogen) atoms. The number of hydrogen-bond donors (Lipinski definition) is 1. The molecule has 1 aliphatic rings. The fourth-order valence-electron chi connectivity index (χ4n) is 2.08. The van der Waals surface area contributed by atoms with Gasteiger partial charge in [-0.1, -0.05) is 29.8 Å². The summed E-state index contributed by atoms with van der Waals surface area (Å²) in [5, 5.41) is 0. The van der Waals surface area contributed by atoms with Crippen LogP contribution in [0.25, 0.3) is 0 Å². The summed E-state index contributed by atoms with van der Waals surface area (Å²) in [6, 6.07) is 12.3. The molecule has 0 saturated heterocycles. The lowest BCUT2D eigenvalue weighted by molar-refractivity contribution is 0.592. The van der Waals surface area contributed by atoms with E-state index in [4.69, 9.17) is 0 Å². The number of nitrogens with zero attached hydrogens (tertiary/aromatic N) is 1. The third-order valence-corrected chi connectivity index (χ3v) is 5.88. The molecule has 1 heterocycles. The molecule has 0 amide bonds. The van der Waals surface area contributed by atoms with Crippen molar-refractivity contribution in [3.8, 4) is 0 Å². The van der Waals surface area contributed by atoms with Gasteiger partial charge in [0, 0.05) is 5.56 Å². The first-order chi connectivity index (χ1) is 10.3. The van der Waals surface area contributed by atoms with Crippen LogP contribution in [0.4, 0.5) is 0 Å². The third-order valence-electron chi connectivity index (χ3n) is 3.19. The Hall–Kier alpha value is -2.19. The van der Waals surface area contributed by atoms with Gasteiger partial charge in [0.05, 0.1) is 4.90 Å². The van der Waals surface area contributed by atoms with E-state index in [1.54, 1.807) is 24.3 Å². The van der Waals surface area contributed by atoms with Crippen LogP contribution < -0.4 is 4.72 Å². The van der Waals surface area contributed by atoms with Crippen molar-refractivity contribution in [2.75, 3.05) is 0 Å². The molecule has 114 valence electrons. The highest BCUT2D eigenvalue weighted by atomic mass is 32.2. The normalized spacial score (nSPS) is 16.0. The standard InChI is InChI=1S/C14H12N2O4S2/c1-10-6-8-11(9-7-10)21(17,18)15-14-12-4-2-3-5-13(12)22(19,20)16-14/h2-9H,1H3,(H,15,16). The third kappa shape index (κ3) is 2.51. The second kappa shape index (κ2) is 4.92. The van der Waals surface area contributed by atoms with E-state index in [2.05, 4.69) is 9.12 Å². The molecule has 0 atom stereocenters. The Bertz CT molecular complexity index is 976. The first-order valence-corrected chi connectivity index (χ1v) is 9.26. The van der Waals surface area contributed by atoms with Crippen molar-refractivity contribution < 1.29 is 16.8 Å². The van der Waals surface area contributed by atoms with Crippen molar-refractivity contribution >= 4 is 25.9 Å². The van der Waals surface area contributed by atoms with Gasteiger partial charge < -0.3 is 0 Å². The summed E-state index contributed by atoms with van der Waals surface area (Å²) in [5.41, 5.74) is 1.17.